The van der Waals surface area contributed by atoms with Crippen LogP contribution in [0.5, 0.6) is 0 Å². The Kier molecular flexibility index (Phi) is 5.76. The van der Waals surface area contributed by atoms with E-state index in [0.717, 1.165) is 5.69 Å². The minimum atomic E-state index is -0.370. The molecule has 4 nitrogen and oxygen atoms in total. The zero-order chi connectivity index (χ0) is 14.4. The SMILES string of the molecule is CNCC(C)C(=O)Nc1cc(F)ccc1NC(C)C. The fraction of sp³-hybridized carbons (Fsp3) is 0.500. The monoisotopic (exact) mass is 267 g/mol. The molecule has 0 aliphatic rings. The van der Waals surface area contributed by atoms with Gasteiger partial charge in [-0.25, -0.2) is 4.39 Å². The molecule has 1 rings (SSSR count). The van der Waals surface area contributed by atoms with Crippen LogP contribution in [0.3, 0.4) is 0 Å². The maximum Gasteiger partial charge on any atom is 0.228 e. The number of amides is 1. The number of nitrogens with one attached hydrogen (secondary N) is 3. The van der Waals surface area contributed by atoms with Crippen molar-refractivity contribution in [3.8, 4) is 0 Å². The number of benzene rings is 1. The number of carbonyl (C=O) groups excluding carboxylic acids is 1. The second-order valence-corrected chi connectivity index (χ2v) is 4.94. The van der Waals surface area contributed by atoms with Gasteiger partial charge in [0, 0.05) is 18.5 Å². The summed E-state index contributed by atoms with van der Waals surface area (Å²) in [4.78, 5) is 12.0. The molecule has 19 heavy (non-hydrogen) atoms. The Balaban J connectivity index is 2.86. The highest BCUT2D eigenvalue weighted by atomic mass is 19.1. The maximum atomic E-state index is 13.3. The first-order chi connectivity index (χ1) is 8.93. The molecule has 0 radical (unpaired) electrons. The molecule has 1 aromatic rings. The van der Waals surface area contributed by atoms with Crippen molar-refractivity contribution in [3.05, 3.63) is 24.0 Å². The highest BCUT2D eigenvalue weighted by Gasteiger charge is 2.14. The van der Waals surface area contributed by atoms with Gasteiger partial charge in [0.15, 0.2) is 0 Å². The van der Waals surface area contributed by atoms with Crippen molar-refractivity contribution >= 4 is 17.3 Å². The van der Waals surface area contributed by atoms with Crippen LogP contribution in [-0.2, 0) is 4.79 Å². The summed E-state index contributed by atoms with van der Waals surface area (Å²) in [6.07, 6.45) is 0. The Morgan fingerprint density at radius 3 is 2.53 bits per heavy atom. The summed E-state index contributed by atoms with van der Waals surface area (Å²) in [5.74, 6) is -0.683. The van der Waals surface area contributed by atoms with Crippen LogP contribution in [0, 0.1) is 11.7 Å². The van der Waals surface area contributed by atoms with E-state index in [1.165, 1.54) is 12.1 Å². The van der Waals surface area contributed by atoms with E-state index in [1.807, 2.05) is 20.8 Å². The molecule has 0 bridgehead atoms. The lowest BCUT2D eigenvalue weighted by Gasteiger charge is -2.17. The molecule has 1 amide bonds. The summed E-state index contributed by atoms with van der Waals surface area (Å²) in [6, 6.07) is 4.54. The minimum Gasteiger partial charge on any atom is -0.381 e. The van der Waals surface area contributed by atoms with Gasteiger partial charge in [-0.1, -0.05) is 6.92 Å². The Hall–Kier alpha value is -1.62. The van der Waals surface area contributed by atoms with Gasteiger partial charge in [-0.2, -0.15) is 0 Å². The molecule has 0 saturated heterocycles. The molecule has 1 aromatic carbocycles. The third-order valence-electron chi connectivity index (χ3n) is 2.64. The third-order valence-corrected chi connectivity index (χ3v) is 2.64. The van der Waals surface area contributed by atoms with Gasteiger partial charge in [0.05, 0.1) is 11.4 Å². The third kappa shape index (κ3) is 4.87. The van der Waals surface area contributed by atoms with E-state index in [9.17, 15) is 9.18 Å². The normalized spacial score (nSPS) is 12.3. The minimum absolute atomic E-state index is 0.133. The standard InChI is InChI=1S/C14H22FN3O/c1-9(2)17-12-6-5-11(15)7-13(12)18-14(19)10(3)8-16-4/h5-7,9-10,16-17H,8H2,1-4H3,(H,18,19). The van der Waals surface area contributed by atoms with Crippen molar-refractivity contribution < 1.29 is 9.18 Å². The van der Waals surface area contributed by atoms with E-state index in [4.69, 9.17) is 0 Å². The Labute approximate surface area is 113 Å². The summed E-state index contributed by atoms with van der Waals surface area (Å²) >= 11 is 0. The van der Waals surface area contributed by atoms with Gasteiger partial charge in [0.1, 0.15) is 5.82 Å². The van der Waals surface area contributed by atoms with Gasteiger partial charge < -0.3 is 16.0 Å². The number of hydrogen-bond donors (Lipinski definition) is 3. The molecule has 0 aliphatic heterocycles. The average molecular weight is 267 g/mol. The van der Waals surface area contributed by atoms with Gasteiger partial charge in [-0.3, -0.25) is 4.79 Å². The van der Waals surface area contributed by atoms with Crippen LogP contribution in [0.1, 0.15) is 20.8 Å². The van der Waals surface area contributed by atoms with Crippen LogP contribution >= 0.6 is 0 Å². The Bertz CT molecular complexity index is 435. The van der Waals surface area contributed by atoms with Crippen LogP contribution in [0.15, 0.2) is 18.2 Å². The molecule has 5 heteroatoms. The summed E-state index contributed by atoms with van der Waals surface area (Å²) in [6.45, 7) is 6.37. The van der Waals surface area contributed by atoms with Crippen LogP contribution in [-0.4, -0.2) is 25.5 Å². The quantitative estimate of drug-likeness (QED) is 0.742. The van der Waals surface area contributed by atoms with E-state index >= 15 is 0 Å². The van der Waals surface area contributed by atoms with Crippen molar-refractivity contribution in [1.82, 2.24) is 5.32 Å². The maximum absolute atomic E-state index is 13.3. The van der Waals surface area contributed by atoms with E-state index in [-0.39, 0.29) is 23.7 Å². The fourth-order valence-electron chi connectivity index (χ4n) is 1.71. The van der Waals surface area contributed by atoms with Crippen LogP contribution in [0.25, 0.3) is 0 Å². The Morgan fingerprint density at radius 2 is 1.95 bits per heavy atom. The molecule has 3 N–H and O–H groups in total. The molecule has 0 spiro atoms. The zero-order valence-electron chi connectivity index (χ0n) is 11.9. The molecule has 0 aliphatic carbocycles. The summed E-state index contributed by atoms with van der Waals surface area (Å²) in [5.41, 5.74) is 1.20. The number of carbonyl (C=O) groups is 1. The molecule has 0 fully saturated rings. The van der Waals surface area contributed by atoms with Gasteiger partial charge in [-0.15, -0.1) is 0 Å². The second kappa shape index (κ2) is 7.09. The van der Waals surface area contributed by atoms with E-state index < -0.39 is 0 Å². The number of rotatable bonds is 6. The predicted molar refractivity (Wildman–Crippen MR) is 76.9 cm³/mol. The van der Waals surface area contributed by atoms with Gasteiger partial charge in [0.2, 0.25) is 5.91 Å². The molecular weight excluding hydrogens is 245 g/mol. The molecular formula is C14H22FN3O. The lowest BCUT2D eigenvalue weighted by Crippen LogP contribution is -2.29. The van der Waals surface area contributed by atoms with E-state index in [1.54, 1.807) is 13.1 Å². The van der Waals surface area contributed by atoms with E-state index in [2.05, 4.69) is 16.0 Å². The fourth-order valence-corrected chi connectivity index (χ4v) is 1.71. The number of hydrogen-bond acceptors (Lipinski definition) is 3. The van der Waals surface area contributed by atoms with Gasteiger partial charge in [-0.05, 0) is 39.1 Å². The Morgan fingerprint density at radius 1 is 1.26 bits per heavy atom. The first kappa shape index (κ1) is 15.4. The molecule has 1 atom stereocenters. The highest BCUT2D eigenvalue weighted by Crippen LogP contribution is 2.24. The lowest BCUT2D eigenvalue weighted by atomic mass is 10.1. The summed E-state index contributed by atoms with van der Waals surface area (Å²) in [7, 11) is 1.79. The van der Waals surface area contributed by atoms with Crippen molar-refractivity contribution in [2.75, 3.05) is 24.2 Å². The van der Waals surface area contributed by atoms with Gasteiger partial charge >= 0.3 is 0 Å². The van der Waals surface area contributed by atoms with Gasteiger partial charge in [0.25, 0.3) is 0 Å². The number of halogens is 1. The lowest BCUT2D eigenvalue weighted by molar-refractivity contribution is -0.119. The molecule has 106 valence electrons. The molecule has 0 heterocycles. The predicted octanol–water partition coefficient (Wildman–Crippen LogP) is 2.44. The van der Waals surface area contributed by atoms with E-state index in [0.29, 0.717) is 12.2 Å². The second-order valence-electron chi connectivity index (χ2n) is 4.94. The zero-order valence-corrected chi connectivity index (χ0v) is 11.9. The first-order valence-electron chi connectivity index (χ1n) is 6.45. The molecule has 1 unspecified atom stereocenters. The van der Waals surface area contributed by atoms with Crippen LogP contribution in [0.4, 0.5) is 15.8 Å². The average Bonchev–Trinajstić information content (AvgIpc) is 2.32. The van der Waals surface area contributed by atoms with Crippen molar-refractivity contribution in [1.29, 1.82) is 0 Å². The van der Waals surface area contributed by atoms with Crippen molar-refractivity contribution in [3.63, 3.8) is 0 Å². The summed E-state index contributed by atoms with van der Waals surface area (Å²) < 4.78 is 13.3. The highest BCUT2D eigenvalue weighted by molar-refractivity contribution is 5.95. The van der Waals surface area contributed by atoms with Crippen LogP contribution < -0.4 is 16.0 Å². The molecule has 0 saturated carbocycles. The first-order valence-corrected chi connectivity index (χ1v) is 6.45. The van der Waals surface area contributed by atoms with Crippen LogP contribution in [0.2, 0.25) is 0 Å². The summed E-state index contributed by atoms with van der Waals surface area (Å²) in [5, 5.41) is 8.88. The largest absolute Gasteiger partial charge is 0.381 e. The van der Waals surface area contributed by atoms with Crippen molar-refractivity contribution in [2.45, 2.75) is 26.8 Å². The number of anilines is 2. The smallest absolute Gasteiger partial charge is 0.228 e. The molecule has 0 aromatic heterocycles. The van der Waals surface area contributed by atoms with Crippen molar-refractivity contribution in [2.24, 2.45) is 5.92 Å². The topological polar surface area (TPSA) is 53.2 Å².